The van der Waals surface area contributed by atoms with Crippen LogP contribution in [0.25, 0.3) is 0 Å². The molecular weight excluding hydrogens is 268 g/mol. The van der Waals surface area contributed by atoms with Crippen molar-refractivity contribution in [2.24, 2.45) is 0 Å². The first-order chi connectivity index (χ1) is 8.01. The van der Waals surface area contributed by atoms with Crippen LogP contribution in [-0.2, 0) is 23.8 Å². The highest BCUT2D eigenvalue weighted by atomic mass is 35.5. The molecule has 0 aromatic carbocycles. The van der Waals surface area contributed by atoms with Crippen LogP contribution in [0.5, 0.6) is 0 Å². The zero-order valence-corrected chi connectivity index (χ0v) is 11.5. The highest BCUT2D eigenvalue weighted by Crippen LogP contribution is 2.17. The third-order valence-corrected chi connectivity index (χ3v) is 3.33. The fourth-order valence-electron chi connectivity index (χ4n) is 1.55. The van der Waals surface area contributed by atoms with Gasteiger partial charge in [-0.2, -0.15) is 8.42 Å². The molecule has 0 radical (unpaired) electrons. The van der Waals surface area contributed by atoms with Gasteiger partial charge in [-0.15, -0.1) is 11.6 Å². The first-order valence-electron chi connectivity index (χ1n) is 5.68. The largest absolute Gasteiger partial charge is 0.353 e. The van der Waals surface area contributed by atoms with Gasteiger partial charge in [-0.1, -0.05) is 0 Å². The van der Waals surface area contributed by atoms with Crippen molar-refractivity contribution in [1.82, 2.24) is 0 Å². The van der Waals surface area contributed by atoms with Crippen molar-refractivity contribution in [1.29, 1.82) is 0 Å². The molecule has 0 amide bonds. The van der Waals surface area contributed by atoms with Gasteiger partial charge in [0.1, 0.15) is 0 Å². The summed E-state index contributed by atoms with van der Waals surface area (Å²) in [5.41, 5.74) is 0. The van der Waals surface area contributed by atoms with Crippen LogP contribution in [0.3, 0.4) is 0 Å². The van der Waals surface area contributed by atoms with E-state index in [-0.39, 0.29) is 19.0 Å². The van der Waals surface area contributed by atoms with Gasteiger partial charge < -0.3 is 9.47 Å². The second-order valence-corrected chi connectivity index (χ2v) is 5.98. The third kappa shape index (κ3) is 7.21. The normalized spacial score (nSPS) is 23.5. The summed E-state index contributed by atoms with van der Waals surface area (Å²) >= 11 is 5.75. The van der Waals surface area contributed by atoms with E-state index in [1.165, 1.54) is 0 Å². The lowest BCUT2D eigenvalue weighted by Crippen LogP contribution is -2.29. The summed E-state index contributed by atoms with van der Waals surface area (Å²) in [4.78, 5) is 0. The molecule has 102 valence electrons. The molecule has 0 aromatic heterocycles. The number of hydrogen-bond acceptors (Lipinski definition) is 5. The number of hydrogen-bond donors (Lipinski definition) is 0. The first kappa shape index (κ1) is 15.2. The molecule has 2 atom stereocenters. The Bertz CT molecular complexity index is 300. The standard InChI is InChI=1S/C10H19ClO5S/c1-17(12,13)15-7-5-9(8-11)16-10-4-2-3-6-14-10/h9-10H,2-8H2,1H3/t9-,10?/m0/s1. The van der Waals surface area contributed by atoms with Gasteiger partial charge in [-0.25, -0.2) is 0 Å². The smallest absolute Gasteiger partial charge is 0.264 e. The summed E-state index contributed by atoms with van der Waals surface area (Å²) < 4.78 is 37.2. The summed E-state index contributed by atoms with van der Waals surface area (Å²) in [5.74, 6) is 0.299. The van der Waals surface area contributed by atoms with E-state index < -0.39 is 10.1 Å². The number of ether oxygens (including phenoxy) is 2. The predicted molar refractivity (Wildman–Crippen MR) is 64.6 cm³/mol. The highest BCUT2D eigenvalue weighted by molar-refractivity contribution is 7.85. The Balaban J connectivity index is 2.23. The average molecular weight is 287 g/mol. The average Bonchev–Trinajstić information content (AvgIpc) is 2.27. The van der Waals surface area contributed by atoms with E-state index >= 15 is 0 Å². The summed E-state index contributed by atoms with van der Waals surface area (Å²) in [5, 5.41) is 0. The highest BCUT2D eigenvalue weighted by Gasteiger charge is 2.19. The molecule has 1 fully saturated rings. The van der Waals surface area contributed by atoms with Crippen LogP contribution in [0.2, 0.25) is 0 Å². The van der Waals surface area contributed by atoms with Gasteiger partial charge in [0.2, 0.25) is 0 Å². The molecule has 1 aliphatic heterocycles. The molecule has 0 saturated carbocycles. The summed E-state index contributed by atoms with van der Waals surface area (Å²) in [7, 11) is -3.39. The van der Waals surface area contributed by atoms with Crippen molar-refractivity contribution in [3.63, 3.8) is 0 Å². The van der Waals surface area contributed by atoms with Gasteiger partial charge in [0, 0.05) is 12.5 Å². The van der Waals surface area contributed by atoms with E-state index in [9.17, 15) is 8.42 Å². The maximum atomic E-state index is 10.8. The van der Waals surface area contributed by atoms with Gasteiger partial charge in [0.15, 0.2) is 6.29 Å². The molecule has 5 nitrogen and oxygen atoms in total. The molecule has 0 spiro atoms. The predicted octanol–water partition coefficient (Wildman–Crippen LogP) is 1.50. The van der Waals surface area contributed by atoms with Crippen LogP contribution >= 0.6 is 11.6 Å². The van der Waals surface area contributed by atoms with Crippen molar-refractivity contribution < 1.29 is 22.1 Å². The molecule has 1 unspecified atom stereocenters. The molecule has 1 rings (SSSR count). The SMILES string of the molecule is CS(=O)(=O)OCC[C@@H](CCl)OC1CCCCO1. The lowest BCUT2D eigenvalue weighted by molar-refractivity contribution is -0.185. The van der Waals surface area contributed by atoms with Gasteiger partial charge >= 0.3 is 0 Å². The number of halogens is 1. The maximum Gasteiger partial charge on any atom is 0.264 e. The molecule has 1 saturated heterocycles. The molecule has 0 N–H and O–H groups in total. The van der Waals surface area contributed by atoms with Crippen LogP contribution in [-0.4, -0.2) is 46.2 Å². The lowest BCUT2D eigenvalue weighted by Gasteiger charge is -2.26. The van der Waals surface area contributed by atoms with Crippen molar-refractivity contribution in [2.45, 2.75) is 38.1 Å². The van der Waals surface area contributed by atoms with Gasteiger partial charge in [-0.3, -0.25) is 4.18 Å². The van der Waals surface area contributed by atoms with Crippen molar-refractivity contribution in [3.05, 3.63) is 0 Å². The van der Waals surface area contributed by atoms with E-state index in [0.717, 1.165) is 25.5 Å². The number of alkyl halides is 1. The number of rotatable bonds is 7. The molecule has 17 heavy (non-hydrogen) atoms. The summed E-state index contributed by atoms with van der Waals surface area (Å²) in [6.07, 6.45) is 4.01. The van der Waals surface area contributed by atoms with Crippen molar-refractivity contribution in [3.8, 4) is 0 Å². The Kier molecular flexibility index (Phi) is 6.72. The van der Waals surface area contributed by atoms with Crippen LogP contribution in [0.1, 0.15) is 25.7 Å². The quantitative estimate of drug-likeness (QED) is 0.524. The van der Waals surface area contributed by atoms with Gasteiger partial charge in [-0.05, 0) is 25.7 Å². The maximum absolute atomic E-state index is 10.8. The van der Waals surface area contributed by atoms with E-state index in [1.807, 2.05) is 0 Å². The second-order valence-electron chi connectivity index (χ2n) is 4.02. The van der Waals surface area contributed by atoms with Crippen LogP contribution in [0.15, 0.2) is 0 Å². The Labute approximate surface area is 107 Å². The second kappa shape index (κ2) is 7.53. The minimum atomic E-state index is -3.39. The minimum Gasteiger partial charge on any atom is -0.353 e. The topological polar surface area (TPSA) is 61.8 Å². The van der Waals surface area contributed by atoms with Crippen molar-refractivity contribution >= 4 is 21.7 Å². The molecule has 7 heteroatoms. The Hall–Kier alpha value is 0.120. The van der Waals surface area contributed by atoms with E-state index in [1.54, 1.807) is 0 Å². The van der Waals surface area contributed by atoms with Crippen LogP contribution in [0, 0.1) is 0 Å². The fourth-order valence-corrected chi connectivity index (χ4v) is 2.17. The monoisotopic (exact) mass is 286 g/mol. The van der Waals surface area contributed by atoms with E-state index in [0.29, 0.717) is 18.9 Å². The summed E-state index contributed by atoms with van der Waals surface area (Å²) in [6, 6.07) is 0. The van der Waals surface area contributed by atoms with Gasteiger partial charge in [0.25, 0.3) is 10.1 Å². The minimum absolute atomic E-state index is 0.0863. The molecule has 0 bridgehead atoms. The van der Waals surface area contributed by atoms with Crippen LogP contribution < -0.4 is 0 Å². The molecule has 1 heterocycles. The molecular formula is C10H19ClO5S. The van der Waals surface area contributed by atoms with Crippen molar-refractivity contribution in [2.75, 3.05) is 25.3 Å². The van der Waals surface area contributed by atoms with Gasteiger partial charge in [0.05, 0.1) is 19.0 Å². The molecule has 0 aliphatic carbocycles. The Morgan fingerprint density at radius 2 is 2.24 bits per heavy atom. The van der Waals surface area contributed by atoms with Crippen LogP contribution in [0.4, 0.5) is 0 Å². The molecule has 1 aliphatic rings. The first-order valence-corrected chi connectivity index (χ1v) is 8.04. The Morgan fingerprint density at radius 3 is 2.76 bits per heavy atom. The lowest BCUT2D eigenvalue weighted by atomic mass is 10.2. The zero-order chi connectivity index (χ0) is 12.7. The fraction of sp³-hybridized carbons (Fsp3) is 1.00. The van der Waals surface area contributed by atoms with E-state index in [2.05, 4.69) is 4.18 Å². The third-order valence-electron chi connectivity index (χ3n) is 2.39. The molecule has 0 aromatic rings. The Morgan fingerprint density at radius 1 is 1.47 bits per heavy atom. The zero-order valence-electron chi connectivity index (χ0n) is 9.93. The van der Waals surface area contributed by atoms with E-state index in [4.69, 9.17) is 21.1 Å². The summed E-state index contributed by atoms with van der Waals surface area (Å²) in [6.45, 7) is 0.794.